The fourth-order valence-electron chi connectivity index (χ4n) is 3.09. The average Bonchev–Trinajstić information content (AvgIpc) is 2.73. The lowest BCUT2D eigenvalue weighted by Crippen LogP contribution is -2.22. The molecule has 0 aliphatic rings. The summed E-state index contributed by atoms with van der Waals surface area (Å²) >= 11 is 0. The number of pyridine rings is 1. The molecule has 2 N–H and O–H groups in total. The molecule has 3 aromatic rings. The van der Waals surface area contributed by atoms with Crippen LogP contribution >= 0.6 is 0 Å². The van der Waals surface area contributed by atoms with Crippen LogP contribution in [0.5, 0.6) is 0 Å². The minimum Gasteiger partial charge on any atom is -0.396 e. The van der Waals surface area contributed by atoms with Gasteiger partial charge in [-0.15, -0.1) is 0 Å². The summed E-state index contributed by atoms with van der Waals surface area (Å²) in [7, 11) is 0. The van der Waals surface area contributed by atoms with E-state index in [0.717, 1.165) is 33.5 Å². The Morgan fingerprint density at radius 3 is 2.54 bits per heavy atom. The van der Waals surface area contributed by atoms with Gasteiger partial charge in [-0.05, 0) is 59.0 Å². The van der Waals surface area contributed by atoms with Crippen LogP contribution in [0.4, 0.5) is 4.39 Å². The van der Waals surface area contributed by atoms with Gasteiger partial charge in [-0.1, -0.05) is 31.2 Å². The number of aromatic nitrogens is 1. The van der Waals surface area contributed by atoms with Gasteiger partial charge < -0.3 is 10.4 Å². The highest BCUT2D eigenvalue weighted by atomic mass is 19.1. The lowest BCUT2D eigenvalue weighted by Gasteiger charge is -2.15. The summed E-state index contributed by atoms with van der Waals surface area (Å²) < 4.78 is 13.3. The summed E-state index contributed by atoms with van der Waals surface area (Å²) in [6, 6.07) is 16.0. The van der Waals surface area contributed by atoms with Crippen molar-refractivity contribution in [3.05, 3.63) is 77.7 Å². The molecule has 1 aromatic heterocycles. The van der Waals surface area contributed by atoms with E-state index in [9.17, 15) is 14.3 Å². The molecule has 1 heterocycles. The molecule has 144 valence electrons. The number of carbonyl (C=O) groups excluding carboxylic acids is 1. The van der Waals surface area contributed by atoms with Crippen LogP contribution in [-0.2, 0) is 17.8 Å². The normalized spacial score (nSPS) is 10.7. The van der Waals surface area contributed by atoms with Crippen molar-refractivity contribution in [1.82, 2.24) is 10.3 Å². The van der Waals surface area contributed by atoms with Crippen molar-refractivity contribution in [2.75, 3.05) is 6.61 Å². The minimum atomic E-state index is -0.295. The number of nitrogens with one attached hydrogen (secondary N) is 1. The molecule has 0 unspecified atom stereocenters. The summed E-state index contributed by atoms with van der Waals surface area (Å²) in [6.45, 7) is 2.23. The average molecular weight is 378 g/mol. The number of hydrogen-bond acceptors (Lipinski definition) is 3. The van der Waals surface area contributed by atoms with Crippen LogP contribution < -0.4 is 5.32 Å². The van der Waals surface area contributed by atoms with Crippen LogP contribution in [0.25, 0.3) is 22.4 Å². The molecule has 0 aliphatic heterocycles. The third-order valence-electron chi connectivity index (χ3n) is 4.61. The number of carbonyl (C=O) groups is 1. The molecule has 5 heteroatoms. The third-order valence-corrected chi connectivity index (χ3v) is 4.61. The maximum Gasteiger partial charge on any atom is 0.219 e. The van der Waals surface area contributed by atoms with E-state index in [1.54, 1.807) is 18.3 Å². The Balaban J connectivity index is 2.08. The highest BCUT2D eigenvalue weighted by Crippen LogP contribution is 2.31. The number of halogens is 1. The first kappa shape index (κ1) is 19.7. The summed E-state index contributed by atoms with van der Waals surface area (Å²) in [5, 5.41) is 12.3. The predicted molar refractivity (Wildman–Crippen MR) is 108 cm³/mol. The molecular formula is C23H23FN2O2. The molecule has 4 nitrogen and oxygen atoms in total. The van der Waals surface area contributed by atoms with Gasteiger partial charge in [-0.25, -0.2) is 4.39 Å². The second kappa shape index (κ2) is 9.24. The number of aliphatic hydroxyl groups excluding tert-OH is 1. The van der Waals surface area contributed by atoms with Crippen LogP contribution in [0.2, 0.25) is 0 Å². The van der Waals surface area contributed by atoms with Crippen molar-refractivity contribution >= 4 is 5.91 Å². The predicted octanol–water partition coefficient (Wildman–Crippen LogP) is 4.12. The number of rotatable bonds is 7. The second-order valence-electron chi connectivity index (χ2n) is 6.49. The van der Waals surface area contributed by atoms with E-state index < -0.39 is 0 Å². The largest absolute Gasteiger partial charge is 0.396 e. The highest BCUT2D eigenvalue weighted by Gasteiger charge is 2.13. The van der Waals surface area contributed by atoms with E-state index in [-0.39, 0.29) is 18.3 Å². The van der Waals surface area contributed by atoms with Gasteiger partial charge in [-0.3, -0.25) is 9.78 Å². The number of amides is 1. The molecule has 0 radical (unpaired) electrons. The van der Waals surface area contributed by atoms with E-state index >= 15 is 0 Å². The van der Waals surface area contributed by atoms with Gasteiger partial charge in [0.2, 0.25) is 5.91 Å². The topological polar surface area (TPSA) is 62.2 Å². The molecular weight excluding hydrogens is 355 g/mol. The summed E-state index contributed by atoms with van der Waals surface area (Å²) in [5.41, 5.74) is 5.37. The Bertz CT molecular complexity index is 955. The zero-order valence-corrected chi connectivity index (χ0v) is 15.8. The van der Waals surface area contributed by atoms with Crippen molar-refractivity contribution in [3.63, 3.8) is 0 Å². The maximum atomic E-state index is 13.3. The molecule has 0 aliphatic carbocycles. The molecule has 0 saturated heterocycles. The van der Waals surface area contributed by atoms with E-state index in [1.807, 2.05) is 37.3 Å². The first-order chi connectivity index (χ1) is 13.6. The molecule has 0 atom stereocenters. The quantitative estimate of drug-likeness (QED) is 0.650. The van der Waals surface area contributed by atoms with Crippen molar-refractivity contribution in [2.45, 2.75) is 26.3 Å². The first-order valence-corrected chi connectivity index (χ1v) is 9.33. The lowest BCUT2D eigenvalue weighted by molar-refractivity contribution is -0.120. The molecule has 3 rings (SSSR count). The smallest absolute Gasteiger partial charge is 0.219 e. The van der Waals surface area contributed by atoms with Gasteiger partial charge in [0, 0.05) is 31.3 Å². The Morgan fingerprint density at radius 1 is 1.07 bits per heavy atom. The second-order valence-corrected chi connectivity index (χ2v) is 6.49. The number of nitrogens with zero attached hydrogens (tertiary/aromatic N) is 1. The van der Waals surface area contributed by atoms with E-state index in [4.69, 9.17) is 0 Å². The van der Waals surface area contributed by atoms with Gasteiger partial charge >= 0.3 is 0 Å². The lowest BCUT2D eigenvalue weighted by atomic mass is 9.93. The van der Waals surface area contributed by atoms with Gasteiger partial charge in [0.1, 0.15) is 5.82 Å². The molecule has 2 aromatic carbocycles. The van der Waals surface area contributed by atoms with Crippen molar-refractivity contribution in [3.8, 4) is 22.4 Å². The molecule has 1 amide bonds. The fraction of sp³-hybridized carbons (Fsp3) is 0.217. The Hall–Kier alpha value is -3.05. The zero-order chi connectivity index (χ0) is 19.9. The highest BCUT2D eigenvalue weighted by molar-refractivity contribution is 5.78. The van der Waals surface area contributed by atoms with E-state index in [2.05, 4.69) is 10.3 Å². The number of aliphatic hydroxyl groups is 1. The molecule has 0 bridgehead atoms. The van der Waals surface area contributed by atoms with Crippen LogP contribution in [0.1, 0.15) is 24.5 Å². The van der Waals surface area contributed by atoms with Gasteiger partial charge in [-0.2, -0.15) is 0 Å². The van der Waals surface area contributed by atoms with E-state index in [0.29, 0.717) is 19.4 Å². The number of benzene rings is 2. The Kier molecular flexibility index (Phi) is 6.50. The first-order valence-electron chi connectivity index (χ1n) is 9.33. The van der Waals surface area contributed by atoms with Crippen molar-refractivity contribution < 1.29 is 14.3 Å². The summed E-state index contributed by atoms with van der Waals surface area (Å²) in [5.74, 6) is -0.326. The SMILES string of the molecule is CCC(=O)NCc1cnc(-c2ccc(F)cc2)cc1-c1ccccc1CCO. The number of hydrogen-bond donors (Lipinski definition) is 2. The van der Waals surface area contributed by atoms with Crippen LogP contribution in [0.3, 0.4) is 0 Å². The zero-order valence-electron chi connectivity index (χ0n) is 15.8. The van der Waals surface area contributed by atoms with Gasteiger partial charge in [0.05, 0.1) is 5.69 Å². The Morgan fingerprint density at radius 2 is 1.82 bits per heavy atom. The van der Waals surface area contributed by atoms with E-state index in [1.165, 1.54) is 12.1 Å². The Labute approximate surface area is 164 Å². The summed E-state index contributed by atoms with van der Waals surface area (Å²) in [4.78, 5) is 16.2. The molecule has 0 fully saturated rings. The van der Waals surface area contributed by atoms with Crippen LogP contribution in [0.15, 0.2) is 60.8 Å². The standard InChI is InChI=1S/C23H23FN2O2/c1-2-23(28)26-15-18-14-25-22(17-7-9-19(24)10-8-17)13-21(18)20-6-4-3-5-16(20)11-12-27/h3-10,13-14,27H,2,11-12,15H2,1H3,(H,26,28). The fourth-order valence-corrected chi connectivity index (χ4v) is 3.09. The molecule has 0 saturated carbocycles. The maximum absolute atomic E-state index is 13.3. The minimum absolute atomic E-state index is 0.0304. The summed E-state index contributed by atoms with van der Waals surface area (Å²) in [6.07, 6.45) is 2.70. The third kappa shape index (κ3) is 4.61. The van der Waals surface area contributed by atoms with Crippen LogP contribution in [0, 0.1) is 5.82 Å². The van der Waals surface area contributed by atoms with Gasteiger partial charge in [0.15, 0.2) is 0 Å². The van der Waals surface area contributed by atoms with Gasteiger partial charge in [0.25, 0.3) is 0 Å². The molecule has 0 spiro atoms. The van der Waals surface area contributed by atoms with Crippen molar-refractivity contribution in [1.29, 1.82) is 0 Å². The molecule has 28 heavy (non-hydrogen) atoms. The van der Waals surface area contributed by atoms with Crippen molar-refractivity contribution in [2.24, 2.45) is 0 Å². The van der Waals surface area contributed by atoms with Crippen LogP contribution in [-0.4, -0.2) is 22.6 Å². The monoisotopic (exact) mass is 378 g/mol.